The fraction of sp³-hybridized carbons (Fsp3) is 0.0769. The molecular formula is C13H11N3S. The van der Waals surface area contributed by atoms with Crippen LogP contribution in [0.5, 0.6) is 0 Å². The van der Waals surface area contributed by atoms with Crippen LogP contribution >= 0.6 is 12.2 Å². The number of nitrogens with zero attached hydrogens (tertiary/aromatic N) is 1. The Labute approximate surface area is 104 Å². The SMILES string of the molecule is Cc1nc(=S)c2[nH]c(-c3ccccc3)cc2[nH]1. The third-order valence-corrected chi connectivity index (χ3v) is 3.00. The topological polar surface area (TPSA) is 44.5 Å². The van der Waals surface area contributed by atoms with Crippen molar-refractivity contribution in [3.63, 3.8) is 0 Å². The molecule has 0 spiro atoms. The number of aromatic nitrogens is 3. The molecule has 3 rings (SSSR count). The molecule has 0 unspecified atom stereocenters. The summed E-state index contributed by atoms with van der Waals surface area (Å²) >= 11 is 5.24. The molecule has 0 amide bonds. The quantitative estimate of drug-likeness (QED) is 0.639. The van der Waals surface area contributed by atoms with Gasteiger partial charge in [-0.15, -0.1) is 0 Å². The van der Waals surface area contributed by atoms with Crippen molar-refractivity contribution >= 4 is 23.3 Å². The number of hydrogen-bond donors (Lipinski definition) is 2. The predicted molar refractivity (Wildman–Crippen MR) is 71.5 cm³/mol. The lowest BCUT2D eigenvalue weighted by Crippen LogP contribution is -1.87. The number of aromatic amines is 2. The van der Waals surface area contributed by atoms with Gasteiger partial charge >= 0.3 is 0 Å². The Morgan fingerprint density at radius 2 is 1.88 bits per heavy atom. The second-order valence-electron chi connectivity index (χ2n) is 3.97. The van der Waals surface area contributed by atoms with Crippen LogP contribution in [0.4, 0.5) is 0 Å². The Morgan fingerprint density at radius 1 is 1.12 bits per heavy atom. The third-order valence-electron chi connectivity index (χ3n) is 2.70. The van der Waals surface area contributed by atoms with E-state index in [4.69, 9.17) is 12.2 Å². The monoisotopic (exact) mass is 241 g/mol. The van der Waals surface area contributed by atoms with E-state index in [2.05, 4.69) is 33.2 Å². The largest absolute Gasteiger partial charge is 0.351 e. The number of H-pyrrole nitrogens is 2. The Morgan fingerprint density at radius 3 is 2.65 bits per heavy atom. The zero-order valence-electron chi connectivity index (χ0n) is 9.32. The van der Waals surface area contributed by atoms with Crippen molar-refractivity contribution in [2.24, 2.45) is 0 Å². The first-order valence-corrected chi connectivity index (χ1v) is 5.80. The molecule has 2 heterocycles. The maximum atomic E-state index is 5.24. The van der Waals surface area contributed by atoms with Crippen molar-refractivity contribution in [3.8, 4) is 11.3 Å². The first kappa shape index (κ1) is 10.2. The molecule has 17 heavy (non-hydrogen) atoms. The highest BCUT2D eigenvalue weighted by molar-refractivity contribution is 7.71. The van der Waals surface area contributed by atoms with Gasteiger partial charge in [-0.1, -0.05) is 42.5 Å². The van der Waals surface area contributed by atoms with Gasteiger partial charge in [-0.2, -0.15) is 0 Å². The van der Waals surface area contributed by atoms with Crippen molar-refractivity contribution in [3.05, 3.63) is 46.9 Å². The van der Waals surface area contributed by atoms with Crippen molar-refractivity contribution in [1.29, 1.82) is 0 Å². The predicted octanol–water partition coefficient (Wildman–Crippen LogP) is 3.60. The summed E-state index contributed by atoms with van der Waals surface area (Å²) in [5.41, 5.74) is 4.09. The third kappa shape index (κ3) is 1.76. The molecule has 0 radical (unpaired) electrons. The smallest absolute Gasteiger partial charge is 0.153 e. The van der Waals surface area contributed by atoms with Gasteiger partial charge < -0.3 is 9.97 Å². The fourth-order valence-corrected chi connectivity index (χ4v) is 2.22. The summed E-state index contributed by atoms with van der Waals surface area (Å²) in [6.07, 6.45) is 0. The molecule has 1 aromatic carbocycles. The molecule has 0 aliphatic carbocycles. The van der Waals surface area contributed by atoms with E-state index in [-0.39, 0.29) is 0 Å². The second-order valence-corrected chi connectivity index (χ2v) is 4.35. The highest BCUT2D eigenvalue weighted by Crippen LogP contribution is 2.22. The molecule has 0 fully saturated rings. The molecule has 84 valence electrons. The summed E-state index contributed by atoms with van der Waals surface area (Å²) in [7, 11) is 0. The van der Waals surface area contributed by atoms with Gasteiger partial charge in [-0.3, -0.25) is 0 Å². The van der Waals surface area contributed by atoms with Gasteiger partial charge in [-0.25, -0.2) is 4.98 Å². The van der Waals surface area contributed by atoms with Crippen LogP contribution in [0.3, 0.4) is 0 Å². The molecule has 0 bridgehead atoms. The van der Waals surface area contributed by atoms with Gasteiger partial charge in [0.25, 0.3) is 0 Å². The summed E-state index contributed by atoms with van der Waals surface area (Å²) in [6, 6.07) is 12.2. The molecule has 0 aliphatic heterocycles. The normalized spacial score (nSPS) is 10.9. The maximum absolute atomic E-state index is 5.24. The van der Waals surface area contributed by atoms with Gasteiger partial charge in [0, 0.05) is 5.69 Å². The lowest BCUT2D eigenvalue weighted by Gasteiger charge is -1.94. The summed E-state index contributed by atoms with van der Waals surface area (Å²) in [5.74, 6) is 0.834. The van der Waals surface area contributed by atoms with Gasteiger partial charge in [0.15, 0.2) is 4.64 Å². The number of rotatable bonds is 1. The summed E-state index contributed by atoms with van der Waals surface area (Å²) in [6.45, 7) is 1.91. The van der Waals surface area contributed by atoms with Crippen LogP contribution in [-0.2, 0) is 0 Å². The average molecular weight is 241 g/mol. The second kappa shape index (κ2) is 3.82. The fourth-order valence-electron chi connectivity index (χ4n) is 1.93. The standard InChI is InChI=1S/C13H11N3S/c1-8-14-11-7-10(9-5-3-2-4-6-9)16-12(11)13(17)15-8/h2-7,16H,1H3,(H,14,15,17). The Hall–Kier alpha value is -1.94. The van der Waals surface area contributed by atoms with Crippen LogP contribution in [-0.4, -0.2) is 15.0 Å². The minimum absolute atomic E-state index is 0.610. The number of nitrogens with one attached hydrogen (secondary N) is 2. The van der Waals surface area contributed by atoms with E-state index in [1.807, 2.05) is 25.1 Å². The Balaban J connectivity index is 2.28. The molecule has 3 nitrogen and oxygen atoms in total. The van der Waals surface area contributed by atoms with Crippen molar-refractivity contribution < 1.29 is 0 Å². The summed E-state index contributed by atoms with van der Waals surface area (Å²) in [5, 5.41) is 0. The Kier molecular flexibility index (Phi) is 2.30. The maximum Gasteiger partial charge on any atom is 0.153 e. The molecule has 4 heteroatoms. The highest BCUT2D eigenvalue weighted by atomic mass is 32.1. The van der Waals surface area contributed by atoms with Crippen LogP contribution in [0, 0.1) is 11.6 Å². The van der Waals surface area contributed by atoms with Crippen LogP contribution < -0.4 is 0 Å². The number of benzene rings is 1. The van der Waals surface area contributed by atoms with Gasteiger partial charge in [0.2, 0.25) is 0 Å². The molecule has 0 saturated heterocycles. The van der Waals surface area contributed by atoms with E-state index >= 15 is 0 Å². The lowest BCUT2D eigenvalue weighted by molar-refractivity contribution is 1.08. The van der Waals surface area contributed by atoms with E-state index in [1.54, 1.807) is 0 Å². The molecular weight excluding hydrogens is 230 g/mol. The van der Waals surface area contributed by atoms with E-state index in [0.717, 1.165) is 28.1 Å². The van der Waals surface area contributed by atoms with Gasteiger partial charge in [-0.05, 0) is 18.6 Å². The lowest BCUT2D eigenvalue weighted by atomic mass is 10.2. The molecule has 0 atom stereocenters. The first-order valence-electron chi connectivity index (χ1n) is 5.39. The Bertz CT molecular complexity index is 725. The number of fused-ring (bicyclic) bond motifs is 1. The average Bonchev–Trinajstić information content (AvgIpc) is 2.74. The van der Waals surface area contributed by atoms with Crippen molar-refractivity contribution in [1.82, 2.24) is 15.0 Å². The minimum Gasteiger partial charge on any atom is -0.351 e. The summed E-state index contributed by atoms with van der Waals surface area (Å²) in [4.78, 5) is 10.8. The highest BCUT2D eigenvalue weighted by Gasteiger charge is 2.05. The van der Waals surface area contributed by atoms with E-state index < -0.39 is 0 Å². The van der Waals surface area contributed by atoms with E-state index in [9.17, 15) is 0 Å². The molecule has 2 N–H and O–H groups in total. The zero-order chi connectivity index (χ0) is 11.8. The molecule has 0 aliphatic rings. The molecule has 0 saturated carbocycles. The molecule has 3 aromatic rings. The van der Waals surface area contributed by atoms with E-state index in [1.165, 1.54) is 0 Å². The first-order chi connectivity index (χ1) is 8.24. The number of hydrogen-bond acceptors (Lipinski definition) is 2. The molecule has 2 aromatic heterocycles. The van der Waals surface area contributed by atoms with Crippen molar-refractivity contribution in [2.45, 2.75) is 6.92 Å². The zero-order valence-corrected chi connectivity index (χ0v) is 10.1. The van der Waals surface area contributed by atoms with Crippen LogP contribution in [0.1, 0.15) is 5.82 Å². The van der Waals surface area contributed by atoms with Crippen molar-refractivity contribution in [2.75, 3.05) is 0 Å². The number of aryl methyl sites for hydroxylation is 1. The van der Waals surface area contributed by atoms with Crippen LogP contribution in [0.25, 0.3) is 22.3 Å². The van der Waals surface area contributed by atoms with E-state index in [0.29, 0.717) is 4.64 Å². The van der Waals surface area contributed by atoms with Crippen LogP contribution in [0.2, 0.25) is 0 Å². The summed E-state index contributed by atoms with van der Waals surface area (Å²) < 4.78 is 0.610. The minimum atomic E-state index is 0.610. The van der Waals surface area contributed by atoms with Gasteiger partial charge in [0.05, 0.1) is 11.0 Å². The van der Waals surface area contributed by atoms with Gasteiger partial charge in [0.1, 0.15) is 5.82 Å². The van der Waals surface area contributed by atoms with Crippen LogP contribution in [0.15, 0.2) is 36.4 Å².